The maximum absolute atomic E-state index is 12.8. The van der Waals surface area contributed by atoms with E-state index in [1.807, 2.05) is 13.8 Å². The molecule has 0 unspecified atom stereocenters. The maximum Gasteiger partial charge on any atom is 0.350 e. The average molecular weight is 449 g/mol. The van der Waals surface area contributed by atoms with Gasteiger partial charge in [-0.25, -0.2) is 13.9 Å². The lowest BCUT2D eigenvalue weighted by molar-refractivity contribution is 0.0891. The molecule has 160 valence electrons. The number of nitrogens with one attached hydrogen (secondary N) is 1. The minimum Gasteiger partial charge on any atom is -0.347 e. The first-order chi connectivity index (χ1) is 13.8. The molecule has 0 aliphatic heterocycles. The molecule has 0 fully saturated rings. The van der Waals surface area contributed by atoms with Gasteiger partial charge in [-0.1, -0.05) is 50.0 Å². The van der Waals surface area contributed by atoms with Crippen molar-refractivity contribution in [2.24, 2.45) is 5.41 Å². The smallest absolute Gasteiger partial charge is 0.347 e. The van der Waals surface area contributed by atoms with Gasteiger partial charge < -0.3 is 5.32 Å². The van der Waals surface area contributed by atoms with Gasteiger partial charge in [0.2, 0.25) is 0 Å². The first-order valence-corrected chi connectivity index (χ1v) is 10.5. The molecule has 0 spiro atoms. The highest BCUT2D eigenvalue weighted by Gasteiger charge is 2.27. The van der Waals surface area contributed by atoms with Crippen molar-refractivity contribution in [3.05, 3.63) is 68.2 Å². The first-order valence-electron chi connectivity index (χ1n) is 9.70. The third kappa shape index (κ3) is 5.24. The molecule has 1 aromatic carbocycles. The minimum absolute atomic E-state index is 0.0728. The summed E-state index contributed by atoms with van der Waals surface area (Å²) in [5.41, 5.74) is 1.03. The summed E-state index contributed by atoms with van der Waals surface area (Å²) in [4.78, 5) is 25.6. The number of rotatable bonds is 5. The number of hydrogen-bond donors (Lipinski definition) is 1. The first kappa shape index (κ1) is 22.4. The van der Waals surface area contributed by atoms with Crippen molar-refractivity contribution in [1.82, 2.24) is 19.5 Å². The Labute approximate surface area is 185 Å². The summed E-state index contributed by atoms with van der Waals surface area (Å²) in [5, 5.41) is 8.28. The van der Waals surface area contributed by atoms with E-state index in [2.05, 4.69) is 31.2 Å². The Balaban J connectivity index is 1.86. The van der Waals surface area contributed by atoms with Crippen molar-refractivity contribution in [2.75, 3.05) is 0 Å². The molecule has 3 rings (SSSR count). The number of amides is 1. The molecular weight excluding hydrogens is 423 g/mol. The third-order valence-corrected chi connectivity index (χ3v) is 5.32. The van der Waals surface area contributed by atoms with E-state index in [0.717, 1.165) is 12.0 Å². The highest BCUT2D eigenvalue weighted by atomic mass is 35.5. The lowest BCUT2D eigenvalue weighted by atomic mass is 9.81. The van der Waals surface area contributed by atoms with Gasteiger partial charge in [0.15, 0.2) is 5.65 Å². The number of carbonyl (C=O) groups excluding carboxylic acids is 1. The van der Waals surface area contributed by atoms with Crippen LogP contribution in [-0.4, -0.2) is 25.6 Å². The van der Waals surface area contributed by atoms with Crippen LogP contribution in [0.5, 0.6) is 0 Å². The van der Waals surface area contributed by atoms with Crippen LogP contribution in [0.1, 0.15) is 57.0 Å². The van der Waals surface area contributed by atoms with E-state index in [1.54, 1.807) is 30.3 Å². The quantitative estimate of drug-likeness (QED) is 0.609. The third-order valence-electron chi connectivity index (χ3n) is 4.58. The molecule has 1 N–H and O–H groups in total. The van der Waals surface area contributed by atoms with Gasteiger partial charge in [-0.2, -0.15) is 0 Å². The fraction of sp³-hybridized carbons (Fsp3) is 0.409. The zero-order valence-corrected chi connectivity index (χ0v) is 19.3. The predicted octanol–water partition coefficient (Wildman–Crippen LogP) is 4.80. The van der Waals surface area contributed by atoms with Gasteiger partial charge in [0, 0.05) is 11.7 Å². The van der Waals surface area contributed by atoms with E-state index >= 15 is 0 Å². The zero-order chi connectivity index (χ0) is 22.3. The molecule has 30 heavy (non-hydrogen) atoms. The molecule has 0 bridgehead atoms. The van der Waals surface area contributed by atoms with E-state index < -0.39 is 0 Å². The van der Waals surface area contributed by atoms with Crippen LogP contribution in [0.2, 0.25) is 10.0 Å². The maximum atomic E-state index is 12.8. The van der Waals surface area contributed by atoms with Crippen molar-refractivity contribution in [2.45, 2.75) is 53.1 Å². The second kappa shape index (κ2) is 8.08. The molecule has 0 saturated carbocycles. The van der Waals surface area contributed by atoms with Crippen molar-refractivity contribution in [3.63, 3.8) is 0 Å². The standard InChI is InChI=1S/C22H26Cl2N4O2/c1-21(2,3)13-22(4,5)25-19(29)15-7-9-18-26-28(20(30)27(18)12-15)11-14-6-8-16(23)17(24)10-14/h6-10,12H,11,13H2,1-5H3,(H,25,29). The van der Waals surface area contributed by atoms with Crippen LogP contribution in [0.25, 0.3) is 5.65 Å². The van der Waals surface area contributed by atoms with Crippen molar-refractivity contribution < 1.29 is 4.79 Å². The summed E-state index contributed by atoms with van der Waals surface area (Å²) in [6, 6.07) is 8.52. The molecule has 0 radical (unpaired) electrons. The van der Waals surface area contributed by atoms with E-state index in [0.29, 0.717) is 21.3 Å². The Morgan fingerprint density at radius 2 is 1.77 bits per heavy atom. The lowest BCUT2D eigenvalue weighted by Crippen LogP contribution is -2.45. The van der Waals surface area contributed by atoms with Crippen LogP contribution in [0.15, 0.2) is 41.3 Å². The highest BCUT2D eigenvalue weighted by molar-refractivity contribution is 6.42. The number of pyridine rings is 1. The molecule has 2 heterocycles. The number of fused-ring (bicyclic) bond motifs is 1. The second-order valence-corrected chi connectivity index (χ2v) is 10.2. The summed E-state index contributed by atoms with van der Waals surface area (Å²) in [7, 11) is 0. The van der Waals surface area contributed by atoms with Crippen LogP contribution in [0, 0.1) is 5.41 Å². The fourth-order valence-corrected chi connectivity index (χ4v) is 4.14. The second-order valence-electron chi connectivity index (χ2n) is 9.41. The van der Waals surface area contributed by atoms with Gasteiger partial charge in [0.1, 0.15) is 0 Å². The van der Waals surface area contributed by atoms with E-state index in [-0.39, 0.29) is 29.1 Å². The van der Waals surface area contributed by atoms with Crippen molar-refractivity contribution in [1.29, 1.82) is 0 Å². The number of hydrogen-bond acceptors (Lipinski definition) is 3. The summed E-state index contributed by atoms with van der Waals surface area (Å²) >= 11 is 12.0. The molecule has 6 nitrogen and oxygen atoms in total. The summed E-state index contributed by atoms with van der Waals surface area (Å²) in [6.07, 6.45) is 2.34. The Hall–Kier alpha value is -2.31. The molecule has 0 saturated heterocycles. The van der Waals surface area contributed by atoms with E-state index in [4.69, 9.17) is 23.2 Å². The number of aromatic nitrogens is 3. The van der Waals surface area contributed by atoms with E-state index in [9.17, 15) is 9.59 Å². The van der Waals surface area contributed by atoms with Crippen LogP contribution < -0.4 is 11.0 Å². The Morgan fingerprint density at radius 3 is 2.40 bits per heavy atom. The summed E-state index contributed by atoms with van der Waals surface area (Å²) in [6.45, 7) is 10.6. The Morgan fingerprint density at radius 1 is 1.07 bits per heavy atom. The Bertz CT molecular complexity index is 1160. The van der Waals surface area contributed by atoms with Gasteiger partial charge in [0.05, 0.1) is 22.2 Å². The minimum atomic E-state index is -0.382. The van der Waals surface area contributed by atoms with Crippen LogP contribution in [0.3, 0.4) is 0 Å². The van der Waals surface area contributed by atoms with Gasteiger partial charge >= 0.3 is 5.69 Å². The van der Waals surface area contributed by atoms with Crippen LogP contribution in [-0.2, 0) is 6.54 Å². The van der Waals surface area contributed by atoms with Gasteiger partial charge in [-0.3, -0.25) is 4.79 Å². The number of nitrogens with zero attached hydrogens (tertiary/aromatic N) is 3. The lowest BCUT2D eigenvalue weighted by Gasteiger charge is -2.33. The van der Waals surface area contributed by atoms with Gasteiger partial charge in [-0.05, 0) is 55.5 Å². The molecule has 0 aliphatic rings. The van der Waals surface area contributed by atoms with Crippen LogP contribution in [0.4, 0.5) is 0 Å². The predicted molar refractivity (Wildman–Crippen MR) is 121 cm³/mol. The highest BCUT2D eigenvalue weighted by Crippen LogP contribution is 2.27. The summed E-state index contributed by atoms with van der Waals surface area (Å²) < 4.78 is 2.71. The molecule has 0 atom stereocenters. The zero-order valence-electron chi connectivity index (χ0n) is 17.8. The van der Waals surface area contributed by atoms with Gasteiger partial charge in [0.25, 0.3) is 5.91 Å². The monoisotopic (exact) mass is 448 g/mol. The molecule has 1 amide bonds. The Kier molecular flexibility index (Phi) is 6.03. The number of benzene rings is 1. The average Bonchev–Trinajstić information content (AvgIpc) is 2.91. The SMILES string of the molecule is CC(C)(C)CC(C)(C)NC(=O)c1ccc2nn(Cc3ccc(Cl)c(Cl)c3)c(=O)n2c1. The van der Waals surface area contributed by atoms with E-state index in [1.165, 1.54) is 15.3 Å². The molecule has 8 heteroatoms. The van der Waals surface area contributed by atoms with Crippen molar-refractivity contribution in [3.8, 4) is 0 Å². The number of carbonyl (C=O) groups is 1. The largest absolute Gasteiger partial charge is 0.350 e. The molecule has 0 aliphatic carbocycles. The molecule has 2 aromatic heterocycles. The summed E-state index contributed by atoms with van der Waals surface area (Å²) in [5.74, 6) is -0.227. The molecule has 3 aromatic rings. The fourth-order valence-electron chi connectivity index (χ4n) is 3.82. The topological polar surface area (TPSA) is 68.4 Å². The molecular formula is C22H26Cl2N4O2. The normalized spacial score (nSPS) is 12.4. The van der Waals surface area contributed by atoms with Crippen molar-refractivity contribution >= 4 is 34.8 Å². The van der Waals surface area contributed by atoms with Crippen LogP contribution >= 0.6 is 23.2 Å². The van der Waals surface area contributed by atoms with Gasteiger partial charge in [-0.15, -0.1) is 5.10 Å². The number of halogens is 2.